The minimum atomic E-state index is -3.14. The van der Waals surface area contributed by atoms with Crippen molar-refractivity contribution in [1.29, 1.82) is 0 Å². The molecule has 0 fully saturated rings. The van der Waals surface area contributed by atoms with Crippen LogP contribution >= 0.6 is 23.5 Å². The molecule has 0 amide bonds. The van der Waals surface area contributed by atoms with Crippen LogP contribution in [0.1, 0.15) is 44.9 Å². The predicted octanol–water partition coefficient (Wildman–Crippen LogP) is 14.1. The Labute approximate surface area is 359 Å². The SMILES string of the molecule is C=CC(=C)CCCCS(=O)(=O)c1ccccc1.C=CC(=C)CCCS(=O)(=O)c1ccccc1.C=CC(=C)CCCSc1ccccc1.C=CC(=C)Sc1ccccc1. The van der Waals surface area contributed by atoms with Crippen molar-refractivity contribution in [2.24, 2.45) is 0 Å². The molecule has 0 heterocycles. The summed E-state index contributed by atoms with van der Waals surface area (Å²) in [6.07, 6.45) is 12.8. The molecule has 0 aliphatic carbocycles. The molecule has 0 N–H and O–H groups in total. The van der Waals surface area contributed by atoms with Crippen LogP contribution in [0.4, 0.5) is 0 Å². The summed E-state index contributed by atoms with van der Waals surface area (Å²) in [5.41, 5.74) is 2.98. The molecular formula is C50H60O4S4. The van der Waals surface area contributed by atoms with Gasteiger partial charge in [-0.3, -0.25) is 0 Å². The van der Waals surface area contributed by atoms with Gasteiger partial charge in [0.2, 0.25) is 0 Å². The number of sulfone groups is 2. The smallest absolute Gasteiger partial charge is 0.178 e. The van der Waals surface area contributed by atoms with Gasteiger partial charge in [-0.25, -0.2) is 16.8 Å². The summed E-state index contributed by atoms with van der Waals surface area (Å²) in [4.78, 5) is 4.33. The third-order valence-corrected chi connectivity index (χ3v) is 13.7. The fourth-order valence-corrected chi connectivity index (χ4v) is 8.90. The number of hydrogen-bond acceptors (Lipinski definition) is 6. The number of unbranched alkanes of at least 4 members (excludes halogenated alkanes) is 1. The minimum Gasteiger partial charge on any atom is -0.224 e. The van der Waals surface area contributed by atoms with Crippen molar-refractivity contribution in [2.45, 2.75) is 64.5 Å². The Morgan fingerprint density at radius 2 is 0.810 bits per heavy atom. The summed E-state index contributed by atoms with van der Waals surface area (Å²) in [7, 11) is -6.26. The average Bonchev–Trinajstić information content (AvgIpc) is 3.25. The van der Waals surface area contributed by atoms with E-state index in [1.807, 2.05) is 48.2 Å². The number of rotatable bonds is 22. The van der Waals surface area contributed by atoms with E-state index in [0.717, 1.165) is 46.6 Å². The third-order valence-electron chi connectivity index (χ3n) is 8.02. The number of allylic oxidation sites excluding steroid dienone is 7. The molecule has 58 heavy (non-hydrogen) atoms. The highest BCUT2D eigenvalue weighted by Crippen LogP contribution is 2.25. The third kappa shape index (κ3) is 24.2. The molecular weight excluding hydrogens is 793 g/mol. The van der Waals surface area contributed by atoms with E-state index in [1.165, 1.54) is 16.2 Å². The Morgan fingerprint density at radius 3 is 1.22 bits per heavy atom. The standard InChI is InChI=1S/C14H18O2S.C13H16O2S.C13H16S.C10H10S/c1-3-13(2)9-7-8-12-17(15,16)14-10-5-4-6-11-14;1-3-12(2)8-7-11-16(14,15)13-9-5-4-6-10-13;1-3-12(2)8-7-11-14-13-9-5-4-6-10-13;1-3-9(2)11-10-7-5-4-6-8-10/h3-6,10-11H,1-2,7-9,12H2;3-6,9-10H,1-2,7-8,11H2;3-6,9-10H,1-2,7-8,11H2;3-8H,1-2H2. The molecule has 4 aromatic carbocycles. The van der Waals surface area contributed by atoms with Crippen LogP contribution in [0.2, 0.25) is 0 Å². The van der Waals surface area contributed by atoms with Crippen LogP contribution in [0.15, 0.2) is 239 Å². The van der Waals surface area contributed by atoms with Crippen molar-refractivity contribution in [2.75, 3.05) is 17.3 Å². The van der Waals surface area contributed by atoms with Crippen LogP contribution in [0, 0.1) is 0 Å². The Balaban J connectivity index is 0.000000391. The normalized spacial score (nSPS) is 10.3. The predicted molar refractivity (Wildman–Crippen MR) is 256 cm³/mol. The second kappa shape index (κ2) is 30.5. The molecule has 4 aromatic rings. The molecule has 4 rings (SSSR count). The molecule has 0 saturated heterocycles. The number of benzene rings is 4. The van der Waals surface area contributed by atoms with E-state index in [9.17, 15) is 16.8 Å². The van der Waals surface area contributed by atoms with Crippen molar-refractivity contribution >= 4 is 43.2 Å². The van der Waals surface area contributed by atoms with Crippen molar-refractivity contribution in [3.05, 3.63) is 220 Å². The zero-order valence-electron chi connectivity index (χ0n) is 33.9. The highest BCUT2D eigenvalue weighted by molar-refractivity contribution is 8.03. The molecule has 0 aliphatic rings. The van der Waals surface area contributed by atoms with Crippen LogP contribution in [-0.2, 0) is 19.7 Å². The molecule has 0 atom stereocenters. The lowest BCUT2D eigenvalue weighted by molar-refractivity contribution is 0.590. The summed E-state index contributed by atoms with van der Waals surface area (Å²) in [5, 5.41) is 0. The first-order valence-corrected chi connectivity index (χ1v) is 24.1. The van der Waals surface area contributed by atoms with Gasteiger partial charge in [0.1, 0.15) is 0 Å². The fourth-order valence-electron chi connectivity index (χ4n) is 4.62. The quantitative estimate of drug-likeness (QED) is 0.0446. The highest BCUT2D eigenvalue weighted by Gasteiger charge is 2.13. The summed E-state index contributed by atoms with van der Waals surface area (Å²) in [6.45, 7) is 29.8. The summed E-state index contributed by atoms with van der Waals surface area (Å²) < 4.78 is 47.5. The maximum absolute atomic E-state index is 11.9. The monoisotopic (exact) mass is 852 g/mol. The Bertz CT molecular complexity index is 2070. The van der Waals surface area contributed by atoms with E-state index in [0.29, 0.717) is 29.1 Å². The first kappa shape index (κ1) is 51.4. The van der Waals surface area contributed by atoms with Gasteiger partial charge in [0.15, 0.2) is 19.7 Å². The minimum absolute atomic E-state index is 0.157. The van der Waals surface area contributed by atoms with E-state index in [-0.39, 0.29) is 11.5 Å². The fraction of sp³-hybridized carbons (Fsp3) is 0.200. The Morgan fingerprint density at radius 1 is 0.448 bits per heavy atom. The molecule has 0 saturated carbocycles. The lowest BCUT2D eigenvalue weighted by Crippen LogP contribution is -2.06. The lowest BCUT2D eigenvalue weighted by Gasteiger charge is -2.04. The van der Waals surface area contributed by atoms with Gasteiger partial charge in [-0.15, -0.1) is 11.8 Å². The summed E-state index contributed by atoms with van der Waals surface area (Å²) in [5.74, 6) is 1.50. The summed E-state index contributed by atoms with van der Waals surface area (Å²) >= 11 is 3.53. The highest BCUT2D eigenvalue weighted by atomic mass is 32.2. The van der Waals surface area contributed by atoms with E-state index in [4.69, 9.17) is 0 Å². The van der Waals surface area contributed by atoms with Crippen molar-refractivity contribution < 1.29 is 16.8 Å². The molecule has 0 spiro atoms. The lowest BCUT2D eigenvalue weighted by atomic mass is 10.1. The van der Waals surface area contributed by atoms with E-state index in [2.05, 4.69) is 89.0 Å². The molecule has 0 bridgehead atoms. The Hall–Kier alpha value is -4.60. The zero-order chi connectivity index (χ0) is 43.1. The van der Waals surface area contributed by atoms with E-state index < -0.39 is 19.7 Å². The molecule has 4 nitrogen and oxygen atoms in total. The second-order valence-corrected chi connectivity index (χ2v) is 19.3. The van der Waals surface area contributed by atoms with Crippen molar-refractivity contribution in [3.8, 4) is 0 Å². The zero-order valence-corrected chi connectivity index (χ0v) is 37.1. The molecule has 8 heteroatoms. The second-order valence-electron chi connectivity index (χ2n) is 12.8. The van der Waals surface area contributed by atoms with Crippen LogP contribution in [-0.4, -0.2) is 34.1 Å². The maximum Gasteiger partial charge on any atom is 0.178 e. The number of thioether (sulfide) groups is 2. The van der Waals surface area contributed by atoms with Crippen LogP contribution in [0.5, 0.6) is 0 Å². The van der Waals surface area contributed by atoms with Crippen molar-refractivity contribution in [1.82, 2.24) is 0 Å². The molecule has 0 aliphatic heterocycles. The van der Waals surface area contributed by atoms with Gasteiger partial charge in [0.25, 0.3) is 0 Å². The van der Waals surface area contributed by atoms with E-state index in [1.54, 1.807) is 84.6 Å². The average molecular weight is 853 g/mol. The van der Waals surface area contributed by atoms with E-state index >= 15 is 0 Å². The first-order chi connectivity index (χ1) is 27.8. The van der Waals surface area contributed by atoms with Crippen LogP contribution < -0.4 is 0 Å². The van der Waals surface area contributed by atoms with Gasteiger partial charge >= 0.3 is 0 Å². The van der Waals surface area contributed by atoms with Crippen molar-refractivity contribution in [3.63, 3.8) is 0 Å². The molecule has 308 valence electrons. The van der Waals surface area contributed by atoms with Gasteiger partial charge in [0.05, 0.1) is 21.3 Å². The number of hydrogen-bond donors (Lipinski definition) is 0. The van der Waals surface area contributed by atoms with Crippen LogP contribution in [0.3, 0.4) is 0 Å². The van der Waals surface area contributed by atoms with Gasteiger partial charge in [0, 0.05) is 14.7 Å². The topological polar surface area (TPSA) is 68.3 Å². The first-order valence-electron chi connectivity index (χ1n) is 19.0. The molecule has 0 unspecified atom stereocenters. The molecule has 0 aromatic heterocycles. The summed E-state index contributed by atoms with van der Waals surface area (Å²) in [6, 6.07) is 37.7. The molecule has 0 radical (unpaired) electrons. The van der Waals surface area contributed by atoms with Crippen LogP contribution in [0.25, 0.3) is 0 Å². The van der Waals surface area contributed by atoms with Gasteiger partial charge in [-0.1, -0.05) is 178 Å². The Kier molecular flexibility index (Phi) is 27.0. The van der Waals surface area contributed by atoms with Gasteiger partial charge in [-0.2, -0.15) is 0 Å². The van der Waals surface area contributed by atoms with Gasteiger partial charge < -0.3 is 0 Å². The maximum atomic E-state index is 11.9. The van der Waals surface area contributed by atoms with Gasteiger partial charge in [-0.05, 0) is 99.2 Å². The largest absolute Gasteiger partial charge is 0.224 e.